The number of rotatable bonds is 4. The van der Waals surface area contributed by atoms with Crippen molar-refractivity contribution in [1.29, 1.82) is 0 Å². The fourth-order valence-corrected chi connectivity index (χ4v) is 4.70. The van der Waals surface area contributed by atoms with E-state index in [1.165, 1.54) is 23.5 Å². The van der Waals surface area contributed by atoms with Gasteiger partial charge in [-0.15, -0.1) is 0 Å². The van der Waals surface area contributed by atoms with Gasteiger partial charge in [-0.1, -0.05) is 25.1 Å². The number of aromatic carboxylic acids is 1. The first-order valence-electron chi connectivity index (χ1n) is 7.39. The number of hydrogen-bond donors (Lipinski definition) is 1. The van der Waals surface area contributed by atoms with Gasteiger partial charge in [0, 0.05) is 12.5 Å². The molecule has 1 aliphatic heterocycles. The molecule has 24 heavy (non-hydrogen) atoms. The monoisotopic (exact) mass is 347 g/mol. The highest BCUT2D eigenvalue weighted by atomic mass is 32.2. The molecule has 0 saturated heterocycles. The average molecular weight is 347 g/mol. The second kappa shape index (κ2) is 5.83. The Morgan fingerprint density at radius 1 is 1.25 bits per heavy atom. The summed E-state index contributed by atoms with van der Waals surface area (Å²) in [6.07, 6.45) is 0. The number of nitrogens with zero attached hydrogens (tertiary/aromatic N) is 1. The maximum Gasteiger partial charge on any atom is 0.335 e. The van der Waals surface area contributed by atoms with E-state index in [1.807, 2.05) is 19.1 Å². The van der Waals surface area contributed by atoms with Crippen LogP contribution in [0.25, 0.3) is 0 Å². The standard InChI is InChI=1S/C17H17NO5S/c1-11-10-18(14-6-4-3-5-13(11)14)24(21,22)16-9-12(17(19)20)7-8-15(16)23-2/h3-9,11H,10H2,1-2H3,(H,19,20)/t11-/m1/s1. The van der Waals surface area contributed by atoms with Crippen molar-refractivity contribution in [3.63, 3.8) is 0 Å². The molecule has 0 unspecified atom stereocenters. The van der Waals surface area contributed by atoms with Crippen molar-refractivity contribution in [3.05, 3.63) is 53.6 Å². The maximum absolute atomic E-state index is 13.2. The van der Waals surface area contributed by atoms with Crippen LogP contribution in [0.1, 0.15) is 28.8 Å². The molecule has 7 heteroatoms. The van der Waals surface area contributed by atoms with Gasteiger partial charge in [0.2, 0.25) is 0 Å². The second-order valence-electron chi connectivity index (χ2n) is 5.67. The fourth-order valence-electron chi connectivity index (χ4n) is 2.93. The third kappa shape index (κ3) is 2.50. The van der Waals surface area contributed by atoms with Crippen LogP contribution in [0.3, 0.4) is 0 Å². The normalized spacial score (nSPS) is 16.8. The molecule has 126 valence electrons. The zero-order valence-electron chi connectivity index (χ0n) is 13.3. The summed E-state index contributed by atoms with van der Waals surface area (Å²) in [5.74, 6) is -1.01. The zero-order chi connectivity index (χ0) is 17.5. The third-order valence-corrected chi connectivity index (χ3v) is 5.96. The highest BCUT2D eigenvalue weighted by Gasteiger charge is 2.36. The van der Waals surface area contributed by atoms with E-state index in [4.69, 9.17) is 9.84 Å². The largest absolute Gasteiger partial charge is 0.495 e. The van der Waals surface area contributed by atoms with E-state index in [-0.39, 0.29) is 22.1 Å². The molecular weight excluding hydrogens is 330 g/mol. The first-order chi connectivity index (χ1) is 11.4. The molecule has 1 aliphatic rings. The minimum Gasteiger partial charge on any atom is -0.495 e. The molecule has 2 aromatic rings. The van der Waals surface area contributed by atoms with Gasteiger partial charge in [-0.25, -0.2) is 13.2 Å². The molecule has 0 bridgehead atoms. The van der Waals surface area contributed by atoms with Crippen LogP contribution in [0, 0.1) is 0 Å². The summed E-state index contributed by atoms with van der Waals surface area (Å²) in [4.78, 5) is 11.1. The molecule has 1 heterocycles. The molecule has 0 amide bonds. The van der Waals surface area contributed by atoms with Gasteiger partial charge in [-0.2, -0.15) is 0 Å². The van der Waals surface area contributed by atoms with Crippen LogP contribution < -0.4 is 9.04 Å². The first kappa shape index (κ1) is 16.3. The summed E-state index contributed by atoms with van der Waals surface area (Å²) in [6.45, 7) is 2.27. The van der Waals surface area contributed by atoms with Crippen LogP contribution in [-0.2, 0) is 10.0 Å². The lowest BCUT2D eigenvalue weighted by Crippen LogP contribution is -2.30. The van der Waals surface area contributed by atoms with Gasteiger partial charge in [0.25, 0.3) is 10.0 Å². The zero-order valence-corrected chi connectivity index (χ0v) is 14.1. The Hall–Kier alpha value is -2.54. The number of ether oxygens (including phenoxy) is 1. The predicted molar refractivity (Wildman–Crippen MR) is 89.3 cm³/mol. The SMILES string of the molecule is COc1ccc(C(=O)O)cc1S(=O)(=O)N1C[C@@H](C)c2ccccc21. The second-order valence-corrected chi connectivity index (χ2v) is 7.50. The summed E-state index contributed by atoms with van der Waals surface area (Å²) in [5, 5.41) is 9.15. The number of methoxy groups -OCH3 is 1. The van der Waals surface area contributed by atoms with Crippen LogP contribution in [0.5, 0.6) is 5.75 Å². The molecular formula is C17H17NO5S. The molecule has 1 atom stereocenters. The highest BCUT2D eigenvalue weighted by molar-refractivity contribution is 7.93. The fraction of sp³-hybridized carbons (Fsp3) is 0.235. The number of carboxylic acids is 1. The van der Waals surface area contributed by atoms with E-state index in [1.54, 1.807) is 12.1 Å². The number of benzene rings is 2. The number of anilines is 1. The van der Waals surface area contributed by atoms with E-state index in [2.05, 4.69) is 0 Å². The van der Waals surface area contributed by atoms with Crippen LogP contribution in [-0.4, -0.2) is 33.1 Å². The van der Waals surface area contributed by atoms with Gasteiger partial charge in [-0.05, 0) is 29.8 Å². The van der Waals surface area contributed by atoms with E-state index >= 15 is 0 Å². The van der Waals surface area contributed by atoms with Gasteiger partial charge < -0.3 is 9.84 Å². The predicted octanol–water partition coefficient (Wildman–Crippen LogP) is 2.71. The number of para-hydroxylation sites is 1. The van der Waals surface area contributed by atoms with E-state index in [0.29, 0.717) is 12.2 Å². The molecule has 6 nitrogen and oxygen atoms in total. The van der Waals surface area contributed by atoms with Crippen molar-refractivity contribution < 1.29 is 23.1 Å². The van der Waals surface area contributed by atoms with Gasteiger partial charge in [-0.3, -0.25) is 4.31 Å². The Morgan fingerprint density at radius 2 is 1.96 bits per heavy atom. The van der Waals surface area contributed by atoms with Crippen molar-refractivity contribution in [3.8, 4) is 5.75 Å². The lowest BCUT2D eigenvalue weighted by Gasteiger charge is -2.21. The Balaban J connectivity index is 2.16. The van der Waals surface area contributed by atoms with Gasteiger partial charge in [0.05, 0.1) is 18.4 Å². The van der Waals surface area contributed by atoms with Crippen LogP contribution in [0.4, 0.5) is 5.69 Å². The van der Waals surface area contributed by atoms with Crippen molar-refractivity contribution in [1.82, 2.24) is 0 Å². The third-order valence-electron chi connectivity index (χ3n) is 4.15. The molecule has 0 aromatic heterocycles. The first-order valence-corrected chi connectivity index (χ1v) is 8.83. The summed E-state index contributed by atoms with van der Waals surface area (Å²) in [7, 11) is -2.58. The minimum atomic E-state index is -3.94. The molecule has 0 spiro atoms. The number of carboxylic acid groups (broad SMARTS) is 1. The summed E-state index contributed by atoms with van der Waals surface area (Å²) in [6, 6.07) is 11.1. The molecule has 3 rings (SSSR count). The summed E-state index contributed by atoms with van der Waals surface area (Å²) in [5.41, 5.74) is 1.47. The van der Waals surface area contributed by atoms with Crippen molar-refractivity contribution in [2.45, 2.75) is 17.7 Å². The number of fused-ring (bicyclic) bond motifs is 1. The average Bonchev–Trinajstić information content (AvgIpc) is 2.92. The van der Waals surface area contributed by atoms with Gasteiger partial charge in [0.1, 0.15) is 10.6 Å². The van der Waals surface area contributed by atoms with Crippen LogP contribution >= 0.6 is 0 Å². The Bertz CT molecular complexity index is 907. The van der Waals surface area contributed by atoms with Crippen LogP contribution in [0.15, 0.2) is 47.4 Å². The van der Waals surface area contributed by atoms with Crippen molar-refractivity contribution in [2.24, 2.45) is 0 Å². The lowest BCUT2D eigenvalue weighted by molar-refractivity contribution is 0.0696. The smallest absolute Gasteiger partial charge is 0.335 e. The Morgan fingerprint density at radius 3 is 2.62 bits per heavy atom. The van der Waals surface area contributed by atoms with Crippen LogP contribution in [0.2, 0.25) is 0 Å². The lowest BCUT2D eigenvalue weighted by atomic mass is 10.0. The number of hydrogen-bond acceptors (Lipinski definition) is 4. The molecule has 0 radical (unpaired) electrons. The molecule has 2 aromatic carbocycles. The number of sulfonamides is 1. The molecule has 1 N–H and O–H groups in total. The van der Waals surface area contributed by atoms with E-state index in [0.717, 1.165) is 11.6 Å². The number of carbonyl (C=O) groups is 1. The Kier molecular flexibility index (Phi) is 3.96. The summed E-state index contributed by atoms with van der Waals surface area (Å²) < 4.78 is 32.8. The van der Waals surface area contributed by atoms with E-state index in [9.17, 15) is 13.2 Å². The molecule has 0 fully saturated rings. The van der Waals surface area contributed by atoms with Crippen molar-refractivity contribution >= 4 is 21.7 Å². The highest BCUT2D eigenvalue weighted by Crippen LogP contribution is 2.40. The quantitative estimate of drug-likeness (QED) is 0.919. The summed E-state index contributed by atoms with van der Waals surface area (Å²) >= 11 is 0. The van der Waals surface area contributed by atoms with E-state index < -0.39 is 16.0 Å². The minimum absolute atomic E-state index is 0.0598. The topological polar surface area (TPSA) is 83.9 Å². The molecule has 0 saturated carbocycles. The van der Waals surface area contributed by atoms with Crippen molar-refractivity contribution in [2.75, 3.05) is 18.0 Å². The Labute approximate surface area is 140 Å². The molecule has 0 aliphatic carbocycles. The maximum atomic E-state index is 13.2. The van der Waals surface area contributed by atoms with Gasteiger partial charge >= 0.3 is 5.97 Å². The van der Waals surface area contributed by atoms with Gasteiger partial charge in [0.15, 0.2) is 0 Å².